The summed E-state index contributed by atoms with van der Waals surface area (Å²) in [4.78, 5) is 14.4. The number of carbonyl (C=O) groups excluding carboxylic acids is 1. The van der Waals surface area contributed by atoms with Gasteiger partial charge in [-0.3, -0.25) is 9.78 Å². The number of fused-ring (bicyclic) bond motifs is 2. The van der Waals surface area contributed by atoms with Crippen LogP contribution in [0.15, 0.2) is 18.3 Å². The Kier molecular flexibility index (Phi) is 0.457. The molecule has 1 aliphatic heterocycles. The molecule has 0 saturated carbocycles. The summed E-state index contributed by atoms with van der Waals surface area (Å²) in [5.74, 6) is 0.0903. The Labute approximate surface area is 46.2 Å². The first-order valence-electron chi connectivity index (χ1n) is 2.39. The van der Waals surface area contributed by atoms with E-state index in [9.17, 15) is 4.79 Å². The largest absolute Gasteiger partial charge is 0.287 e. The van der Waals surface area contributed by atoms with E-state index in [4.69, 9.17) is 0 Å². The van der Waals surface area contributed by atoms with Crippen molar-refractivity contribution >= 4 is 5.78 Å². The third-order valence-corrected chi connectivity index (χ3v) is 1.25. The molecule has 3 rings (SSSR count). The van der Waals surface area contributed by atoms with E-state index < -0.39 is 0 Å². The normalized spacial score (nSPS) is 13.2. The first-order valence-corrected chi connectivity index (χ1v) is 2.39. The molecule has 0 N–H and O–H groups in total. The van der Waals surface area contributed by atoms with Gasteiger partial charge in [-0.2, -0.15) is 0 Å². The van der Waals surface area contributed by atoms with Crippen LogP contribution in [0.3, 0.4) is 0 Å². The Bertz CT molecular complexity index is 226. The molecule has 0 amide bonds. The Morgan fingerprint density at radius 2 is 2.38 bits per heavy atom. The summed E-state index contributed by atoms with van der Waals surface area (Å²) in [6.45, 7) is 0. The van der Waals surface area contributed by atoms with Gasteiger partial charge >= 0.3 is 0 Å². The molecule has 8 heavy (non-hydrogen) atoms. The Hall–Kier alpha value is -1.18. The van der Waals surface area contributed by atoms with Crippen molar-refractivity contribution in [2.45, 2.75) is 0 Å². The molecule has 2 heteroatoms. The first-order chi connectivity index (χ1) is 3.88. The molecule has 2 nitrogen and oxygen atoms in total. The molecule has 1 aromatic heterocycles. The summed E-state index contributed by atoms with van der Waals surface area (Å²) in [6, 6.07) is 3.50. The fourth-order valence-electron chi connectivity index (χ4n) is 0.766. The van der Waals surface area contributed by atoms with Crippen LogP contribution in [0.5, 0.6) is 0 Å². The smallest absolute Gasteiger partial charge is 0.211 e. The molecule has 0 fully saturated rings. The minimum atomic E-state index is 0.0903. The van der Waals surface area contributed by atoms with E-state index in [1.807, 2.05) is 0 Å². The molecule has 0 aromatic carbocycles. The van der Waals surface area contributed by atoms with Crippen molar-refractivity contribution in [1.29, 1.82) is 0 Å². The van der Waals surface area contributed by atoms with Gasteiger partial charge in [-0.25, -0.2) is 0 Å². The maximum atomic E-state index is 10.6. The number of ketones is 1. The van der Waals surface area contributed by atoms with Crippen LogP contribution in [0.4, 0.5) is 0 Å². The minimum Gasteiger partial charge on any atom is -0.287 e. The predicted molar refractivity (Wildman–Crippen MR) is 27.7 cm³/mol. The van der Waals surface area contributed by atoms with Crippen molar-refractivity contribution in [3.8, 4) is 0 Å². The summed E-state index contributed by atoms with van der Waals surface area (Å²) in [5.41, 5.74) is 1.39. The van der Waals surface area contributed by atoms with Gasteiger partial charge in [0.05, 0.1) is 0 Å². The van der Waals surface area contributed by atoms with Gasteiger partial charge in [0.2, 0.25) is 5.78 Å². The van der Waals surface area contributed by atoms with Crippen LogP contribution in [0.25, 0.3) is 0 Å². The van der Waals surface area contributed by atoms with Crippen molar-refractivity contribution in [1.82, 2.24) is 4.98 Å². The van der Waals surface area contributed by atoms with E-state index in [1.165, 1.54) is 0 Å². The number of carbonyl (C=O) groups is 1. The molecular weight excluding hydrogens is 102 g/mol. The van der Waals surface area contributed by atoms with Crippen LogP contribution >= 0.6 is 0 Å². The van der Waals surface area contributed by atoms with E-state index >= 15 is 0 Å². The van der Waals surface area contributed by atoms with Gasteiger partial charge in [0.1, 0.15) is 5.69 Å². The molecule has 2 heterocycles. The zero-order chi connectivity index (χ0) is 5.56. The summed E-state index contributed by atoms with van der Waals surface area (Å²) < 4.78 is 0. The van der Waals surface area contributed by atoms with Gasteiger partial charge in [0.25, 0.3) is 0 Å². The molecular formula is C6H3NO. The van der Waals surface area contributed by atoms with E-state index in [1.54, 1.807) is 18.3 Å². The Morgan fingerprint density at radius 3 is 2.62 bits per heavy atom. The molecule has 1 aromatic rings. The van der Waals surface area contributed by atoms with Crippen LogP contribution in [-0.4, -0.2) is 10.8 Å². The predicted octanol–water partition coefficient (Wildman–Crippen LogP) is 0.626. The van der Waals surface area contributed by atoms with Crippen molar-refractivity contribution < 1.29 is 4.79 Å². The molecule has 0 saturated heterocycles. The zero-order valence-corrected chi connectivity index (χ0v) is 4.09. The fourth-order valence-corrected chi connectivity index (χ4v) is 0.766. The van der Waals surface area contributed by atoms with Gasteiger partial charge in [-0.05, 0) is 12.1 Å². The number of nitrogens with zero attached hydrogens (tertiary/aromatic N) is 1. The van der Waals surface area contributed by atoms with Crippen LogP contribution in [0.1, 0.15) is 16.1 Å². The van der Waals surface area contributed by atoms with Gasteiger partial charge < -0.3 is 0 Å². The second-order valence-electron chi connectivity index (χ2n) is 1.76. The van der Waals surface area contributed by atoms with Crippen molar-refractivity contribution in [2.75, 3.05) is 0 Å². The average Bonchev–Trinajstić information content (AvgIpc) is 1.89. The second-order valence-corrected chi connectivity index (χ2v) is 1.76. The lowest BCUT2D eigenvalue weighted by atomic mass is 9.99. The first kappa shape index (κ1) is 3.78. The molecule has 1 aliphatic carbocycles. The number of pyridine rings is 1. The maximum Gasteiger partial charge on any atom is 0.211 e. The lowest BCUT2D eigenvalue weighted by Gasteiger charge is -2.08. The van der Waals surface area contributed by atoms with Crippen molar-refractivity contribution in [2.24, 2.45) is 0 Å². The monoisotopic (exact) mass is 105 g/mol. The number of aromatic nitrogens is 1. The highest BCUT2D eigenvalue weighted by Crippen LogP contribution is 2.16. The van der Waals surface area contributed by atoms with Gasteiger partial charge in [-0.1, -0.05) is 0 Å². The maximum absolute atomic E-state index is 10.6. The molecule has 0 radical (unpaired) electrons. The Balaban J connectivity index is 2.81. The third-order valence-electron chi connectivity index (χ3n) is 1.25. The molecule has 2 aliphatic rings. The van der Waals surface area contributed by atoms with E-state index in [0.29, 0.717) is 5.69 Å². The standard InChI is InChI=1S/C6H3NO/c8-6-4-1-2-7-5(6)3-4/h1-3H. The third kappa shape index (κ3) is 0.249. The van der Waals surface area contributed by atoms with Crippen molar-refractivity contribution in [3.63, 3.8) is 0 Å². The minimum absolute atomic E-state index is 0.0903. The topological polar surface area (TPSA) is 30.0 Å². The summed E-state index contributed by atoms with van der Waals surface area (Å²) in [6.07, 6.45) is 1.64. The zero-order valence-electron chi connectivity index (χ0n) is 4.09. The van der Waals surface area contributed by atoms with E-state index in [0.717, 1.165) is 5.56 Å². The molecule has 38 valence electrons. The van der Waals surface area contributed by atoms with Gasteiger partial charge in [0.15, 0.2) is 0 Å². The van der Waals surface area contributed by atoms with Crippen LogP contribution in [0, 0.1) is 0 Å². The number of hydrogen-bond acceptors (Lipinski definition) is 2. The van der Waals surface area contributed by atoms with Gasteiger partial charge in [0, 0.05) is 11.8 Å². The van der Waals surface area contributed by atoms with Crippen LogP contribution in [0.2, 0.25) is 0 Å². The Morgan fingerprint density at radius 1 is 1.50 bits per heavy atom. The molecule has 0 unspecified atom stereocenters. The van der Waals surface area contributed by atoms with Crippen LogP contribution in [-0.2, 0) is 0 Å². The lowest BCUT2D eigenvalue weighted by Crippen LogP contribution is -2.13. The number of hydrogen-bond donors (Lipinski definition) is 0. The highest BCUT2D eigenvalue weighted by atomic mass is 16.1. The highest BCUT2D eigenvalue weighted by molar-refractivity contribution is 6.14. The van der Waals surface area contributed by atoms with Gasteiger partial charge in [-0.15, -0.1) is 0 Å². The van der Waals surface area contributed by atoms with E-state index in [-0.39, 0.29) is 5.78 Å². The summed E-state index contributed by atoms with van der Waals surface area (Å²) in [7, 11) is 0. The second kappa shape index (κ2) is 0.968. The lowest BCUT2D eigenvalue weighted by molar-refractivity contribution is 0.101. The van der Waals surface area contributed by atoms with Crippen molar-refractivity contribution in [3.05, 3.63) is 29.6 Å². The summed E-state index contributed by atoms with van der Waals surface area (Å²) >= 11 is 0. The highest BCUT2D eigenvalue weighted by Gasteiger charge is 2.19. The van der Waals surface area contributed by atoms with Crippen LogP contribution < -0.4 is 0 Å². The number of rotatable bonds is 0. The molecule has 2 bridgehead atoms. The van der Waals surface area contributed by atoms with E-state index in [2.05, 4.69) is 4.98 Å². The SMILES string of the molecule is O=C1c2ccnc1c2. The fraction of sp³-hybridized carbons (Fsp3) is 0. The summed E-state index contributed by atoms with van der Waals surface area (Å²) in [5, 5.41) is 0. The molecule has 0 spiro atoms. The quantitative estimate of drug-likeness (QED) is 0.491. The average molecular weight is 105 g/mol. The molecule has 0 atom stereocenters.